The van der Waals surface area contributed by atoms with E-state index in [2.05, 4.69) is 65.5 Å². The largest absolute Gasteiger partial charge is 0.497 e. The molecule has 4 heteroatoms. The van der Waals surface area contributed by atoms with Gasteiger partial charge < -0.3 is 14.4 Å². The first-order valence-electron chi connectivity index (χ1n) is 9.59. The van der Waals surface area contributed by atoms with Gasteiger partial charge in [-0.2, -0.15) is 0 Å². The van der Waals surface area contributed by atoms with Gasteiger partial charge in [-0.05, 0) is 47.9 Å². The average molecular weight is 389 g/mol. The Hall–Kier alpha value is -3.27. The van der Waals surface area contributed by atoms with Gasteiger partial charge in [0.15, 0.2) is 0 Å². The van der Waals surface area contributed by atoms with E-state index in [-0.39, 0.29) is 0 Å². The topological polar surface area (TPSA) is 34.1 Å². The molecule has 0 bridgehead atoms. The third-order valence-electron chi connectivity index (χ3n) is 5.52. The van der Waals surface area contributed by atoms with Gasteiger partial charge in [-0.3, -0.25) is 4.99 Å². The minimum atomic E-state index is -0.566. The molecule has 0 spiro atoms. The lowest BCUT2D eigenvalue weighted by atomic mass is 9.75. The van der Waals surface area contributed by atoms with Crippen molar-refractivity contribution >= 4 is 5.84 Å². The van der Waals surface area contributed by atoms with Crippen LogP contribution in [-0.4, -0.2) is 39.1 Å². The molecule has 3 aromatic carbocycles. The van der Waals surface area contributed by atoms with Gasteiger partial charge in [0.05, 0.1) is 20.1 Å². The van der Waals surface area contributed by atoms with Crippen LogP contribution in [0, 0.1) is 0 Å². The molecule has 0 amide bonds. The maximum Gasteiger partial charge on any atom is 0.118 e. The van der Waals surface area contributed by atoms with Gasteiger partial charge in [0, 0.05) is 14.1 Å². The number of hydrogen-bond donors (Lipinski definition) is 0. The van der Waals surface area contributed by atoms with Crippen LogP contribution in [0.25, 0.3) is 0 Å². The van der Waals surface area contributed by atoms with E-state index in [0.717, 1.165) is 34.0 Å². The predicted molar refractivity (Wildman–Crippen MR) is 119 cm³/mol. The smallest absolute Gasteiger partial charge is 0.118 e. The lowest BCUT2D eigenvalue weighted by Crippen LogP contribution is -2.48. The average Bonchev–Trinajstić information content (AvgIpc) is 2.80. The van der Waals surface area contributed by atoms with Crippen molar-refractivity contribution in [2.45, 2.75) is 12.5 Å². The van der Waals surface area contributed by atoms with Crippen molar-refractivity contribution < 1.29 is 9.47 Å². The van der Waals surface area contributed by atoms with Crippen molar-refractivity contribution in [2.24, 2.45) is 4.99 Å². The molecule has 150 valence electrons. The molecular formula is C25H28N2O2. The Morgan fingerprint density at radius 3 is 1.52 bits per heavy atom. The van der Waals surface area contributed by atoms with Crippen molar-refractivity contribution in [3.63, 3.8) is 0 Å². The van der Waals surface area contributed by atoms with Gasteiger partial charge in [-0.25, -0.2) is 0 Å². The van der Waals surface area contributed by atoms with E-state index < -0.39 is 5.54 Å². The number of rotatable bonds is 6. The zero-order chi connectivity index (χ0) is 20.9. The Labute approximate surface area is 173 Å². The van der Waals surface area contributed by atoms with Crippen LogP contribution < -0.4 is 9.47 Å². The van der Waals surface area contributed by atoms with Gasteiger partial charge in [0.1, 0.15) is 17.0 Å². The van der Waals surface area contributed by atoms with Gasteiger partial charge in [-0.1, -0.05) is 54.6 Å². The molecule has 0 saturated heterocycles. The van der Waals surface area contributed by atoms with E-state index in [4.69, 9.17) is 9.47 Å². The third kappa shape index (κ3) is 3.70. The summed E-state index contributed by atoms with van der Waals surface area (Å²) in [7, 11) is 7.28. The van der Waals surface area contributed by atoms with E-state index in [9.17, 15) is 0 Å². The van der Waals surface area contributed by atoms with Gasteiger partial charge in [0.25, 0.3) is 0 Å². The number of ether oxygens (including phenoxy) is 2. The van der Waals surface area contributed by atoms with E-state index in [0.29, 0.717) is 0 Å². The molecule has 0 aliphatic rings. The van der Waals surface area contributed by atoms with E-state index in [1.54, 1.807) is 14.2 Å². The summed E-state index contributed by atoms with van der Waals surface area (Å²) in [6.45, 7) is 2.03. The lowest BCUT2D eigenvalue weighted by molar-refractivity contribution is 0.313. The Morgan fingerprint density at radius 2 is 1.14 bits per heavy atom. The molecule has 4 nitrogen and oxygen atoms in total. The monoisotopic (exact) mass is 388 g/mol. The van der Waals surface area contributed by atoms with Crippen LogP contribution in [0.15, 0.2) is 83.9 Å². The van der Waals surface area contributed by atoms with Gasteiger partial charge in [-0.15, -0.1) is 0 Å². The Morgan fingerprint density at radius 1 is 0.724 bits per heavy atom. The second-order valence-electron chi connectivity index (χ2n) is 6.86. The Balaban J connectivity index is 2.36. The summed E-state index contributed by atoms with van der Waals surface area (Å²) < 4.78 is 10.8. The molecule has 0 aliphatic heterocycles. The van der Waals surface area contributed by atoms with Crippen LogP contribution in [-0.2, 0) is 5.54 Å². The first kappa shape index (κ1) is 20.5. The van der Waals surface area contributed by atoms with Crippen molar-refractivity contribution in [3.05, 3.63) is 95.6 Å². The van der Waals surface area contributed by atoms with Gasteiger partial charge >= 0.3 is 0 Å². The Kier molecular flexibility index (Phi) is 6.23. The molecule has 0 aromatic heterocycles. The van der Waals surface area contributed by atoms with Crippen LogP contribution in [0.3, 0.4) is 0 Å². The van der Waals surface area contributed by atoms with E-state index >= 15 is 0 Å². The third-order valence-corrected chi connectivity index (χ3v) is 5.52. The minimum Gasteiger partial charge on any atom is -0.497 e. The highest BCUT2D eigenvalue weighted by Gasteiger charge is 2.41. The molecule has 0 heterocycles. The second kappa shape index (κ2) is 8.82. The molecule has 0 unspecified atom stereocenters. The summed E-state index contributed by atoms with van der Waals surface area (Å²) in [6, 6.07) is 27.0. The predicted octanol–water partition coefficient (Wildman–Crippen LogP) is 4.98. The highest BCUT2D eigenvalue weighted by molar-refractivity contribution is 5.82. The van der Waals surface area contributed by atoms with Crippen LogP contribution in [0.1, 0.15) is 23.6 Å². The van der Waals surface area contributed by atoms with E-state index in [1.807, 2.05) is 44.3 Å². The second-order valence-corrected chi connectivity index (χ2v) is 6.86. The highest BCUT2D eigenvalue weighted by Crippen LogP contribution is 2.42. The first-order valence-corrected chi connectivity index (χ1v) is 9.59. The summed E-state index contributed by atoms with van der Waals surface area (Å²) in [5.74, 6) is 2.59. The van der Waals surface area contributed by atoms with Crippen LogP contribution in [0.4, 0.5) is 0 Å². The quantitative estimate of drug-likeness (QED) is 0.339. The maximum absolute atomic E-state index is 5.40. The molecule has 0 aliphatic carbocycles. The van der Waals surface area contributed by atoms with Crippen LogP contribution >= 0.6 is 0 Å². The molecule has 3 rings (SSSR count). The number of benzene rings is 3. The fourth-order valence-electron chi connectivity index (χ4n) is 3.82. The van der Waals surface area contributed by atoms with E-state index in [1.165, 1.54) is 0 Å². The first-order chi connectivity index (χ1) is 14.1. The minimum absolute atomic E-state index is 0.566. The fraction of sp³-hybridized carbons (Fsp3) is 0.240. The number of nitrogens with zero attached hydrogens (tertiary/aromatic N) is 2. The van der Waals surface area contributed by atoms with Crippen molar-refractivity contribution in [3.8, 4) is 11.5 Å². The number of amidine groups is 1. The van der Waals surface area contributed by atoms with Crippen molar-refractivity contribution in [1.82, 2.24) is 4.90 Å². The molecule has 3 aromatic rings. The summed E-state index contributed by atoms with van der Waals surface area (Å²) in [6.07, 6.45) is 0. The highest BCUT2D eigenvalue weighted by atomic mass is 16.5. The van der Waals surface area contributed by atoms with Crippen molar-refractivity contribution in [1.29, 1.82) is 0 Å². The molecule has 0 radical (unpaired) electrons. The fourth-order valence-corrected chi connectivity index (χ4v) is 3.82. The summed E-state index contributed by atoms with van der Waals surface area (Å²) >= 11 is 0. The standard InChI is InChI=1S/C25H28N2O2/c1-19(26-2)27(3)25(20-9-7-6-8-10-20,21-11-15-23(28-4)16-12-21)22-13-17-24(29-5)18-14-22/h6-18H,1-5H3. The normalized spacial score (nSPS) is 11.8. The zero-order valence-corrected chi connectivity index (χ0v) is 17.7. The van der Waals surface area contributed by atoms with Crippen LogP contribution in [0.2, 0.25) is 0 Å². The molecule has 29 heavy (non-hydrogen) atoms. The molecule has 0 atom stereocenters. The van der Waals surface area contributed by atoms with Gasteiger partial charge in [0.2, 0.25) is 0 Å². The molecular weight excluding hydrogens is 360 g/mol. The summed E-state index contributed by atoms with van der Waals surface area (Å²) in [5, 5.41) is 0. The molecule has 0 saturated carbocycles. The maximum atomic E-state index is 5.40. The van der Waals surface area contributed by atoms with Crippen molar-refractivity contribution in [2.75, 3.05) is 28.3 Å². The number of aliphatic imine (C=N–C) groups is 1. The number of methoxy groups -OCH3 is 2. The molecule has 0 fully saturated rings. The van der Waals surface area contributed by atoms with Crippen LogP contribution in [0.5, 0.6) is 11.5 Å². The lowest BCUT2D eigenvalue weighted by Gasteiger charge is -2.44. The Bertz CT molecular complexity index is 901. The number of hydrogen-bond acceptors (Lipinski definition) is 3. The SMILES string of the molecule is CN=C(C)N(C)C(c1ccccc1)(c1ccc(OC)cc1)c1ccc(OC)cc1. The zero-order valence-electron chi connectivity index (χ0n) is 17.7. The summed E-state index contributed by atoms with van der Waals surface area (Å²) in [4.78, 5) is 6.72. The molecule has 0 N–H and O–H groups in total. The summed E-state index contributed by atoms with van der Waals surface area (Å²) in [5.41, 5.74) is 2.84.